The highest BCUT2D eigenvalue weighted by molar-refractivity contribution is 6.30. The van der Waals surface area contributed by atoms with Crippen LogP contribution in [0.4, 0.5) is 4.79 Å². The Morgan fingerprint density at radius 2 is 1.81 bits per heavy atom. The molecular formula is C15H20ClNO4. The van der Waals surface area contributed by atoms with Crippen molar-refractivity contribution in [3.8, 4) is 0 Å². The molecule has 0 aliphatic rings. The van der Waals surface area contributed by atoms with Crippen molar-refractivity contribution >= 4 is 23.7 Å². The summed E-state index contributed by atoms with van der Waals surface area (Å²) >= 11 is 5.80. The summed E-state index contributed by atoms with van der Waals surface area (Å²) < 4.78 is 5.19. The number of aliphatic carboxylic acids is 1. The van der Waals surface area contributed by atoms with Crippen molar-refractivity contribution in [2.24, 2.45) is 0 Å². The first kappa shape index (κ1) is 17.3. The van der Waals surface area contributed by atoms with E-state index in [9.17, 15) is 14.7 Å². The predicted octanol–water partition coefficient (Wildman–Crippen LogP) is 3.20. The summed E-state index contributed by atoms with van der Waals surface area (Å²) in [6, 6.07) is 5.84. The first-order valence-corrected chi connectivity index (χ1v) is 6.91. The molecule has 1 aromatic carbocycles. The van der Waals surface area contributed by atoms with Crippen LogP contribution in [0.2, 0.25) is 5.02 Å². The molecule has 0 aromatic heterocycles. The zero-order valence-corrected chi connectivity index (χ0v) is 13.3. The summed E-state index contributed by atoms with van der Waals surface area (Å²) in [5, 5.41) is 9.91. The van der Waals surface area contributed by atoms with E-state index in [1.807, 2.05) is 0 Å². The fraction of sp³-hybridized carbons (Fsp3) is 0.467. The van der Waals surface area contributed by atoms with Crippen LogP contribution in [0.15, 0.2) is 24.3 Å². The van der Waals surface area contributed by atoms with Crippen molar-refractivity contribution in [1.82, 2.24) is 4.90 Å². The molecule has 0 bridgehead atoms. The molecule has 0 aliphatic heterocycles. The highest BCUT2D eigenvalue weighted by Crippen LogP contribution is 2.15. The van der Waals surface area contributed by atoms with Crippen LogP contribution in [0.5, 0.6) is 0 Å². The van der Waals surface area contributed by atoms with Gasteiger partial charge in [-0.05, 0) is 38.5 Å². The van der Waals surface area contributed by atoms with E-state index in [0.717, 1.165) is 10.5 Å². The maximum absolute atomic E-state index is 12.0. The van der Waals surface area contributed by atoms with Crippen LogP contribution in [0.1, 0.15) is 26.3 Å². The minimum Gasteiger partial charge on any atom is -0.480 e. The van der Waals surface area contributed by atoms with Gasteiger partial charge in [0.15, 0.2) is 0 Å². The number of halogens is 1. The molecular weight excluding hydrogens is 294 g/mol. The molecule has 0 saturated heterocycles. The third kappa shape index (κ3) is 5.63. The molecule has 1 atom stereocenters. The van der Waals surface area contributed by atoms with Crippen molar-refractivity contribution in [3.63, 3.8) is 0 Å². The Labute approximate surface area is 129 Å². The van der Waals surface area contributed by atoms with Crippen molar-refractivity contribution in [3.05, 3.63) is 34.9 Å². The number of carboxylic acid groups (broad SMARTS) is 1. The molecule has 0 saturated carbocycles. The molecule has 1 amide bonds. The van der Waals surface area contributed by atoms with Crippen LogP contribution in [0, 0.1) is 0 Å². The zero-order valence-electron chi connectivity index (χ0n) is 12.6. The van der Waals surface area contributed by atoms with Gasteiger partial charge in [0.1, 0.15) is 11.6 Å². The van der Waals surface area contributed by atoms with Crippen LogP contribution < -0.4 is 0 Å². The minimum absolute atomic E-state index is 0.183. The van der Waals surface area contributed by atoms with E-state index in [0.29, 0.717) is 5.02 Å². The molecule has 6 heteroatoms. The summed E-state index contributed by atoms with van der Waals surface area (Å²) in [4.78, 5) is 24.5. The molecule has 5 nitrogen and oxygen atoms in total. The number of carbonyl (C=O) groups is 2. The molecule has 1 rings (SSSR count). The van der Waals surface area contributed by atoms with Gasteiger partial charge < -0.3 is 9.84 Å². The van der Waals surface area contributed by atoms with Gasteiger partial charge in [-0.1, -0.05) is 23.7 Å². The summed E-state index contributed by atoms with van der Waals surface area (Å²) in [5.41, 5.74) is 0.108. The van der Waals surface area contributed by atoms with Crippen molar-refractivity contribution in [1.29, 1.82) is 0 Å². The van der Waals surface area contributed by atoms with Gasteiger partial charge >= 0.3 is 12.1 Å². The van der Waals surface area contributed by atoms with Crippen LogP contribution in [-0.2, 0) is 16.0 Å². The van der Waals surface area contributed by atoms with Gasteiger partial charge in [-0.3, -0.25) is 4.90 Å². The highest BCUT2D eigenvalue weighted by Gasteiger charge is 2.30. The normalized spacial score (nSPS) is 12.6. The second-order valence-corrected chi connectivity index (χ2v) is 6.21. The molecule has 21 heavy (non-hydrogen) atoms. The average Bonchev–Trinajstić information content (AvgIpc) is 2.34. The molecule has 116 valence electrons. The average molecular weight is 314 g/mol. The number of nitrogens with zero attached hydrogens (tertiary/aromatic N) is 1. The zero-order chi connectivity index (χ0) is 16.2. The van der Waals surface area contributed by atoms with Crippen LogP contribution in [-0.4, -0.2) is 40.8 Å². The molecule has 0 spiro atoms. The monoisotopic (exact) mass is 313 g/mol. The summed E-state index contributed by atoms with van der Waals surface area (Å²) in [6.45, 7) is 5.19. The first-order chi connectivity index (χ1) is 9.60. The summed E-state index contributed by atoms with van der Waals surface area (Å²) in [6.07, 6.45) is -0.480. The van der Waals surface area contributed by atoms with Crippen molar-refractivity contribution in [2.75, 3.05) is 7.05 Å². The van der Waals surface area contributed by atoms with Crippen LogP contribution in [0.25, 0.3) is 0 Å². The summed E-state index contributed by atoms with van der Waals surface area (Å²) in [7, 11) is 1.42. The fourth-order valence-electron chi connectivity index (χ4n) is 1.69. The van der Waals surface area contributed by atoms with E-state index >= 15 is 0 Å². The molecule has 1 aromatic rings. The van der Waals surface area contributed by atoms with Gasteiger partial charge in [-0.15, -0.1) is 0 Å². The lowest BCUT2D eigenvalue weighted by Crippen LogP contribution is -2.46. The van der Waals surface area contributed by atoms with Crippen LogP contribution >= 0.6 is 11.6 Å². The quantitative estimate of drug-likeness (QED) is 0.927. The maximum Gasteiger partial charge on any atom is 0.410 e. The van der Waals surface area contributed by atoms with Gasteiger partial charge in [0.2, 0.25) is 0 Å². The molecule has 0 aliphatic carbocycles. The molecule has 0 unspecified atom stereocenters. The van der Waals surface area contributed by atoms with Crippen LogP contribution in [0.3, 0.4) is 0 Å². The second-order valence-electron chi connectivity index (χ2n) is 5.78. The number of hydrogen-bond acceptors (Lipinski definition) is 3. The lowest BCUT2D eigenvalue weighted by atomic mass is 10.1. The maximum atomic E-state index is 12.0. The third-order valence-electron chi connectivity index (χ3n) is 2.78. The molecule has 0 radical (unpaired) electrons. The molecule has 1 N–H and O–H groups in total. The fourth-order valence-corrected chi connectivity index (χ4v) is 1.82. The van der Waals surface area contributed by atoms with Crippen molar-refractivity contribution in [2.45, 2.75) is 38.8 Å². The van der Waals surface area contributed by atoms with Gasteiger partial charge in [-0.2, -0.15) is 0 Å². The van der Waals surface area contributed by atoms with Gasteiger partial charge in [-0.25, -0.2) is 9.59 Å². The number of ether oxygens (including phenoxy) is 1. The topological polar surface area (TPSA) is 66.8 Å². The van der Waals surface area contributed by atoms with E-state index in [2.05, 4.69) is 0 Å². The number of likely N-dealkylation sites (N-methyl/N-ethyl adjacent to an activating group) is 1. The van der Waals surface area contributed by atoms with E-state index in [1.54, 1.807) is 45.0 Å². The number of amides is 1. The van der Waals surface area contributed by atoms with Gasteiger partial charge in [0, 0.05) is 18.5 Å². The SMILES string of the molecule is CN(C(=O)OC(C)(C)C)[C@@H](Cc1ccc(Cl)cc1)C(=O)O. The van der Waals surface area contributed by atoms with E-state index < -0.39 is 23.7 Å². The standard InChI is InChI=1S/C15H20ClNO4/c1-15(2,3)21-14(20)17(4)12(13(18)19)9-10-5-7-11(16)8-6-10/h5-8,12H,9H2,1-4H3,(H,18,19)/t12-/m0/s1. The summed E-state index contributed by atoms with van der Waals surface area (Å²) in [5.74, 6) is -1.08. The Morgan fingerprint density at radius 1 is 1.29 bits per heavy atom. The lowest BCUT2D eigenvalue weighted by Gasteiger charge is -2.28. The van der Waals surface area contributed by atoms with E-state index in [4.69, 9.17) is 16.3 Å². The predicted molar refractivity (Wildman–Crippen MR) is 80.6 cm³/mol. The van der Waals surface area contributed by atoms with Gasteiger partial charge in [0.05, 0.1) is 0 Å². The number of rotatable bonds is 4. The molecule has 0 fully saturated rings. The Morgan fingerprint density at radius 3 is 2.24 bits per heavy atom. The number of benzene rings is 1. The third-order valence-corrected chi connectivity index (χ3v) is 3.03. The number of carbonyl (C=O) groups excluding carboxylic acids is 1. The Kier molecular flexibility index (Phi) is 5.61. The smallest absolute Gasteiger partial charge is 0.410 e. The van der Waals surface area contributed by atoms with E-state index in [1.165, 1.54) is 7.05 Å². The van der Waals surface area contributed by atoms with E-state index in [-0.39, 0.29) is 6.42 Å². The van der Waals surface area contributed by atoms with Crippen molar-refractivity contribution < 1.29 is 19.4 Å². The number of carboxylic acids is 1. The first-order valence-electron chi connectivity index (χ1n) is 6.53. The number of hydrogen-bond donors (Lipinski definition) is 1. The Hall–Kier alpha value is -1.75. The minimum atomic E-state index is -1.08. The van der Waals surface area contributed by atoms with Gasteiger partial charge in [0.25, 0.3) is 0 Å². The largest absolute Gasteiger partial charge is 0.480 e. The Balaban J connectivity index is 2.83. The molecule has 0 heterocycles. The Bertz CT molecular complexity index is 507. The second kappa shape index (κ2) is 6.80. The highest BCUT2D eigenvalue weighted by atomic mass is 35.5. The lowest BCUT2D eigenvalue weighted by molar-refractivity contribution is -0.142.